The Morgan fingerprint density at radius 1 is 1.65 bits per heavy atom. The number of aryl methyl sites for hydroxylation is 1. The third-order valence-electron chi connectivity index (χ3n) is 2.95. The SMILES string of the molecule is COCCC(=O)N1CC[C@@H](c2nc(C)no2)C1. The highest BCUT2D eigenvalue weighted by Crippen LogP contribution is 2.26. The number of methoxy groups -OCH3 is 1. The molecule has 94 valence electrons. The van der Waals surface area contributed by atoms with Crippen LogP contribution in [0.2, 0.25) is 0 Å². The van der Waals surface area contributed by atoms with Crippen LogP contribution in [0.3, 0.4) is 0 Å². The van der Waals surface area contributed by atoms with Gasteiger partial charge in [0.15, 0.2) is 5.82 Å². The number of carbonyl (C=O) groups is 1. The Morgan fingerprint density at radius 2 is 2.47 bits per heavy atom. The van der Waals surface area contributed by atoms with Crippen LogP contribution in [0.5, 0.6) is 0 Å². The molecule has 0 unspecified atom stereocenters. The molecule has 1 aliphatic rings. The number of hydrogen-bond donors (Lipinski definition) is 0. The van der Waals surface area contributed by atoms with Gasteiger partial charge in [-0.1, -0.05) is 5.16 Å². The molecule has 2 heterocycles. The number of rotatable bonds is 4. The number of aromatic nitrogens is 2. The number of likely N-dealkylation sites (tertiary alicyclic amines) is 1. The fourth-order valence-corrected chi connectivity index (χ4v) is 2.01. The van der Waals surface area contributed by atoms with Crippen LogP contribution < -0.4 is 0 Å². The quantitative estimate of drug-likeness (QED) is 0.774. The molecule has 1 atom stereocenters. The van der Waals surface area contributed by atoms with Gasteiger partial charge < -0.3 is 14.2 Å². The lowest BCUT2D eigenvalue weighted by molar-refractivity contribution is -0.131. The molecule has 0 aromatic carbocycles. The first-order valence-electron chi connectivity index (χ1n) is 5.77. The Labute approximate surface area is 99.9 Å². The van der Waals surface area contributed by atoms with Crippen molar-refractivity contribution in [3.8, 4) is 0 Å². The summed E-state index contributed by atoms with van der Waals surface area (Å²) in [6.45, 7) is 3.70. The lowest BCUT2D eigenvalue weighted by Gasteiger charge is -2.15. The van der Waals surface area contributed by atoms with Crippen LogP contribution in [-0.2, 0) is 9.53 Å². The second-order valence-electron chi connectivity index (χ2n) is 4.25. The molecule has 0 aliphatic carbocycles. The lowest BCUT2D eigenvalue weighted by atomic mass is 10.1. The van der Waals surface area contributed by atoms with E-state index in [-0.39, 0.29) is 11.8 Å². The van der Waals surface area contributed by atoms with Crippen molar-refractivity contribution in [2.45, 2.75) is 25.7 Å². The molecular formula is C11H17N3O3. The first-order valence-corrected chi connectivity index (χ1v) is 5.77. The monoisotopic (exact) mass is 239 g/mol. The maximum Gasteiger partial charge on any atom is 0.231 e. The molecule has 0 saturated carbocycles. The van der Waals surface area contributed by atoms with Crippen molar-refractivity contribution < 1.29 is 14.1 Å². The smallest absolute Gasteiger partial charge is 0.231 e. The van der Waals surface area contributed by atoms with E-state index in [2.05, 4.69) is 10.1 Å². The lowest BCUT2D eigenvalue weighted by Crippen LogP contribution is -2.29. The molecule has 2 rings (SSSR count). The van der Waals surface area contributed by atoms with Crippen LogP contribution in [0, 0.1) is 6.92 Å². The Bertz CT molecular complexity index is 391. The van der Waals surface area contributed by atoms with Gasteiger partial charge in [-0.25, -0.2) is 0 Å². The minimum absolute atomic E-state index is 0.130. The van der Waals surface area contributed by atoms with Crippen LogP contribution >= 0.6 is 0 Å². The van der Waals surface area contributed by atoms with Gasteiger partial charge in [0.2, 0.25) is 11.8 Å². The molecule has 1 amide bonds. The molecule has 1 aliphatic heterocycles. The third-order valence-corrected chi connectivity index (χ3v) is 2.95. The van der Waals surface area contributed by atoms with Crippen molar-refractivity contribution in [2.75, 3.05) is 26.8 Å². The van der Waals surface area contributed by atoms with Crippen molar-refractivity contribution in [1.82, 2.24) is 15.0 Å². The van der Waals surface area contributed by atoms with Crippen molar-refractivity contribution >= 4 is 5.91 Å². The topological polar surface area (TPSA) is 68.5 Å². The summed E-state index contributed by atoms with van der Waals surface area (Å²) < 4.78 is 10.0. The standard InChI is InChI=1S/C11H17N3O3/c1-8-12-11(17-13-8)9-3-5-14(7-9)10(15)4-6-16-2/h9H,3-7H2,1-2H3/t9-/m1/s1. The third kappa shape index (κ3) is 2.82. The normalized spacial score (nSPS) is 19.9. The number of carbonyl (C=O) groups excluding carboxylic acids is 1. The van der Waals surface area contributed by atoms with E-state index in [1.807, 2.05) is 4.90 Å². The van der Waals surface area contributed by atoms with Gasteiger partial charge >= 0.3 is 0 Å². The van der Waals surface area contributed by atoms with Gasteiger partial charge in [-0.15, -0.1) is 0 Å². The van der Waals surface area contributed by atoms with Gasteiger partial charge in [0.1, 0.15) is 0 Å². The molecule has 1 fully saturated rings. The first kappa shape index (κ1) is 12.0. The van der Waals surface area contributed by atoms with Gasteiger partial charge in [-0.05, 0) is 13.3 Å². The van der Waals surface area contributed by atoms with Crippen molar-refractivity contribution in [1.29, 1.82) is 0 Å². The molecule has 0 spiro atoms. The summed E-state index contributed by atoms with van der Waals surface area (Å²) in [5.41, 5.74) is 0. The molecule has 1 saturated heterocycles. The number of nitrogens with zero attached hydrogens (tertiary/aromatic N) is 3. The van der Waals surface area contributed by atoms with Crippen molar-refractivity contribution in [2.24, 2.45) is 0 Å². The summed E-state index contributed by atoms with van der Waals surface area (Å²) in [5, 5.41) is 3.77. The summed E-state index contributed by atoms with van der Waals surface area (Å²) in [6.07, 6.45) is 1.33. The van der Waals surface area contributed by atoms with E-state index >= 15 is 0 Å². The van der Waals surface area contributed by atoms with Gasteiger partial charge in [-0.3, -0.25) is 4.79 Å². The minimum Gasteiger partial charge on any atom is -0.384 e. The van der Waals surface area contributed by atoms with Crippen LogP contribution in [-0.4, -0.2) is 47.8 Å². The molecule has 0 radical (unpaired) electrons. The summed E-state index contributed by atoms with van der Waals surface area (Å²) in [6, 6.07) is 0. The molecule has 0 N–H and O–H groups in total. The summed E-state index contributed by atoms with van der Waals surface area (Å²) in [5.74, 6) is 1.60. The largest absolute Gasteiger partial charge is 0.384 e. The molecular weight excluding hydrogens is 222 g/mol. The first-order chi connectivity index (χ1) is 8.20. The van der Waals surface area contributed by atoms with E-state index in [1.54, 1.807) is 14.0 Å². The molecule has 6 heteroatoms. The fraction of sp³-hybridized carbons (Fsp3) is 0.727. The van der Waals surface area contributed by atoms with Crippen LogP contribution in [0.15, 0.2) is 4.52 Å². The maximum absolute atomic E-state index is 11.8. The highest BCUT2D eigenvalue weighted by Gasteiger charge is 2.30. The zero-order chi connectivity index (χ0) is 12.3. The second kappa shape index (κ2) is 5.27. The van der Waals surface area contributed by atoms with E-state index < -0.39 is 0 Å². The Hall–Kier alpha value is -1.43. The second-order valence-corrected chi connectivity index (χ2v) is 4.25. The van der Waals surface area contributed by atoms with Gasteiger partial charge in [0.05, 0.1) is 18.9 Å². The Morgan fingerprint density at radius 3 is 3.12 bits per heavy atom. The van der Waals surface area contributed by atoms with Crippen molar-refractivity contribution in [3.63, 3.8) is 0 Å². The average Bonchev–Trinajstić information content (AvgIpc) is 2.93. The maximum atomic E-state index is 11.8. The highest BCUT2D eigenvalue weighted by molar-refractivity contribution is 5.76. The predicted octanol–water partition coefficient (Wildman–Crippen LogP) is 0.730. The minimum atomic E-state index is 0.130. The summed E-state index contributed by atoms with van der Waals surface area (Å²) >= 11 is 0. The van der Waals surface area contributed by atoms with Crippen LogP contribution in [0.1, 0.15) is 30.5 Å². The molecule has 17 heavy (non-hydrogen) atoms. The fourth-order valence-electron chi connectivity index (χ4n) is 2.01. The van der Waals surface area contributed by atoms with Gasteiger partial charge in [0, 0.05) is 20.2 Å². The number of amides is 1. The predicted molar refractivity (Wildman–Crippen MR) is 59.5 cm³/mol. The average molecular weight is 239 g/mol. The van der Waals surface area contributed by atoms with Crippen molar-refractivity contribution in [3.05, 3.63) is 11.7 Å². The zero-order valence-electron chi connectivity index (χ0n) is 10.2. The number of hydrogen-bond acceptors (Lipinski definition) is 5. The Balaban J connectivity index is 1.89. The molecule has 1 aromatic rings. The Kier molecular flexibility index (Phi) is 3.73. The van der Waals surface area contributed by atoms with Gasteiger partial charge in [0.25, 0.3) is 0 Å². The number of ether oxygens (including phenoxy) is 1. The van der Waals surface area contributed by atoms with E-state index in [9.17, 15) is 4.79 Å². The summed E-state index contributed by atoms with van der Waals surface area (Å²) in [7, 11) is 1.60. The highest BCUT2D eigenvalue weighted by atomic mass is 16.5. The van der Waals surface area contributed by atoms with E-state index in [0.717, 1.165) is 13.0 Å². The zero-order valence-corrected chi connectivity index (χ0v) is 10.2. The molecule has 6 nitrogen and oxygen atoms in total. The van der Waals surface area contributed by atoms with E-state index in [4.69, 9.17) is 9.26 Å². The molecule has 1 aromatic heterocycles. The van der Waals surface area contributed by atoms with E-state index in [0.29, 0.717) is 31.3 Å². The molecule has 0 bridgehead atoms. The van der Waals surface area contributed by atoms with Gasteiger partial charge in [-0.2, -0.15) is 4.98 Å². The van der Waals surface area contributed by atoms with E-state index in [1.165, 1.54) is 0 Å². The van der Waals surface area contributed by atoms with Crippen LogP contribution in [0.25, 0.3) is 0 Å². The summed E-state index contributed by atoms with van der Waals surface area (Å²) in [4.78, 5) is 17.8. The van der Waals surface area contributed by atoms with Crippen LogP contribution in [0.4, 0.5) is 0 Å².